The second-order valence-electron chi connectivity index (χ2n) is 10.2. The van der Waals surface area contributed by atoms with Gasteiger partial charge in [0.15, 0.2) is 0 Å². The minimum absolute atomic E-state index is 0.0557. The predicted molar refractivity (Wildman–Crippen MR) is 129 cm³/mol. The summed E-state index contributed by atoms with van der Waals surface area (Å²) in [5.41, 5.74) is 3.12. The number of nitrogens with one attached hydrogen (secondary N) is 1. The number of aromatic nitrogens is 1. The molecule has 2 fully saturated rings. The van der Waals surface area contributed by atoms with Gasteiger partial charge < -0.3 is 19.5 Å². The van der Waals surface area contributed by atoms with E-state index in [1.165, 1.54) is 22.2 Å². The van der Waals surface area contributed by atoms with Crippen molar-refractivity contribution in [2.75, 3.05) is 20.3 Å². The van der Waals surface area contributed by atoms with Crippen molar-refractivity contribution in [3.63, 3.8) is 0 Å². The summed E-state index contributed by atoms with van der Waals surface area (Å²) in [4.78, 5) is 28.4. The first-order valence-electron chi connectivity index (χ1n) is 12.6. The molecule has 1 aliphatic heterocycles. The maximum atomic E-state index is 13.7. The number of hydrogen-bond acceptors (Lipinski definition) is 4. The van der Waals surface area contributed by atoms with E-state index in [-0.39, 0.29) is 23.7 Å². The molecule has 2 amide bonds. The van der Waals surface area contributed by atoms with E-state index in [1.54, 1.807) is 7.11 Å². The van der Waals surface area contributed by atoms with Gasteiger partial charge >= 0.3 is 0 Å². The number of rotatable bonds is 7. The van der Waals surface area contributed by atoms with Crippen molar-refractivity contribution in [1.82, 2.24) is 14.8 Å². The molecular formula is C27H34N4O3. The Morgan fingerprint density at radius 1 is 1.24 bits per heavy atom. The largest absolute Gasteiger partial charge is 0.383 e. The van der Waals surface area contributed by atoms with Crippen molar-refractivity contribution in [2.45, 2.75) is 70.0 Å². The number of carbonyl (C=O) groups excluding carboxylic acids is 2. The summed E-state index contributed by atoms with van der Waals surface area (Å²) in [5, 5.41) is 13.4. The average molecular weight is 463 g/mol. The summed E-state index contributed by atoms with van der Waals surface area (Å²) in [6, 6.07) is 10.7. The molecule has 1 aromatic heterocycles. The zero-order chi connectivity index (χ0) is 23.7. The van der Waals surface area contributed by atoms with Gasteiger partial charge in [0, 0.05) is 67.7 Å². The normalized spacial score (nSPS) is 23.2. The van der Waals surface area contributed by atoms with Crippen molar-refractivity contribution >= 4 is 22.7 Å². The smallest absolute Gasteiger partial charge is 0.226 e. The fourth-order valence-corrected chi connectivity index (χ4v) is 5.98. The van der Waals surface area contributed by atoms with Crippen LogP contribution in [0.2, 0.25) is 0 Å². The second kappa shape index (κ2) is 9.42. The Morgan fingerprint density at radius 3 is 2.79 bits per heavy atom. The Bertz CT molecular complexity index is 1130. The highest BCUT2D eigenvalue weighted by Crippen LogP contribution is 2.38. The molecular weight excluding hydrogens is 428 g/mol. The fourth-order valence-electron chi connectivity index (χ4n) is 5.98. The summed E-state index contributed by atoms with van der Waals surface area (Å²) in [5.74, 6) is 0.0597. The molecule has 2 heterocycles. The SMILES string of the molecule is COCCn1c2c(c3ccccc31)CN(C(=O)[C@@H]1CCCC[C@@H]1CC(=O)NC1(C#N)CC1)CC2. The molecule has 0 radical (unpaired) electrons. The van der Waals surface area contributed by atoms with Gasteiger partial charge in [0.2, 0.25) is 11.8 Å². The quantitative estimate of drug-likeness (QED) is 0.682. The Hall–Kier alpha value is -2.85. The lowest BCUT2D eigenvalue weighted by atomic mass is 9.76. The average Bonchev–Trinajstić information content (AvgIpc) is 3.57. The molecule has 180 valence electrons. The van der Waals surface area contributed by atoms with Crippen LogP contribution in [-0.2, 0) is 33.8 Å². The van der Waals surface area contributed by atoms with Crippen LogP contribution in [-0.4, -0.2) is 47.1 Å². The highest BCUT2D eigenvalue weighted by atomic mass is 16.5. The number of nitriles is 1. The minimum atomic E-state index is -0.647. The van der Waals surface area contributed by atoms with E-state index in [4.69, 9.17) is 4.74 Å². The lowest BCUT2D eigenvalue weighted by molar-refractivity contribution is -0.140. The van der Waals surface area contributed by atoms with Gasteiger partial charge in [-0.05, 0) is 37.7 Å². The third kappa shape index (κ3) is 4.32. The van der Waals surface area contributed by atoms with Crippen LogP contribution in [0.5, 0.6) is 0 Å². The van der Waals surface area contributed by atoms with Gasteiger partial charge in [-0.2, -0.15) is 5.26 Å². The van der Waals surface area contributed by atoms with Gasteiger partial charge in [-0.1, -0.05) is 31.0 Å². The Balaban J connectivity index is 1.32. The molecule has 3 aliphatic rings. The van der Waals surface area contributed by atoms with Crippen LogP contribution in [0.4, 0.5) is 0 Å². The molecule has 5 rings (SSSR count). The third-order valence-corrected chi connectivity index (χ3v) is 8.01. The van der Waals surface area contributed by atoms with Crippen molar-refractivity contribution in [3.05, 3.63) is 35.5 Å². The van der Waals surface area contributed by atoms with Crippen LogP contribution in [0, 0.1) is 23.2 Å². The Morgan fingerprint density at radius 2 is 2.03 bits per heavy atom. The highest BCUT2D eigenvalue weighted by Gasteiger charge is 2.45. The lowest BCUT2D eigenvalue weighted by Gasteiger charge is -2.36. The first kappa shape index (κ1) is 22.9. The summed E-state index contributed by atoms with van der Waals surface area (Å²) in [6.45, 7) is 2.81. The number of para-hydroxylation sites is 1. The molecule has 2 saturated carbocycles. The number of carbonyl (C=O) groups is 2. The fraction of sp³-hybridized carbons (Fsp3) is 0.593. The van der Waals surface area contributed by atoms with E-state index in [0.717, 1.165) is 51.5 Å². The maximum Gasteiger partial charge on any atom is 0.226 e. The molecule has 0 saturated heterocycles. The molecule has 34 heavy (non-hydrogen) atoms. The molecule has 7 nitrogen and oxygen atoms in total. The summed E-state index contributed by atoms with van der Waals surface area (Å²) in [7, 11) is 1.73. The molecule has 0 spiro atoms. The van der Waals surface area contributed by atoms with Crippen molar-refractivity contribution in [2.24, 2.45) is 11.8 Å². The molecule has 0 bridgehead atoms. The number of amides is 2. The summed E-state index contributed by atoms with van der Waals surface area (Å²) < 4.78 is 7.70. The predicted octanol–water partition coefficient (Wildman–Crippen LogP) is 3.54. The van der Waals surface area contributed by atoms with E-state index in [2.05, 4.69) is 40.2 Å². The van der Waals surface area contributed by atoms with Crippen LogP contribution in [0.15, 0.2) is 24.3 Å². The number of benzene rings is 1. The van der Waals surface area contributed by atoms with Crippen LogP contribution in [0.1, 0.15) is 56.2 Å². The Kier molecular flexibility index (Phi) is 6.35. The van der Waals surface area contributed by atoms with Crippen LogP contribution < -0.4 is 5.32 Å². The second-order valence-corrected chi connectivity index (χ2v) is 10.2. The molecule has 7 heteroatoms. The van der Waals surface area contributed by atoms with Gasteiger partial charge in [0.05, 0.1) is 12.7 Å². The van der Waals surface area contributed by atoms with Gasteiger partial charge in [-0.15, -0.1) is 0 Å². The summed E-state index contributed by atoms with van der Waals surface area (Å²) >= 11 is 0. The lowest BCUT2D eigenvalue weighted by Crippen LogP contribution is -2.44. The number of nitrogens with zero attached hydrogens (tertiary/aromatic N) is 3. The van der Waals surface area contributed by atoms with Crippen molar-refractivity contribution < 1.29 is 14.3 Å². The van der Waals surface area contributed by atoms with Crippen LogP contribution in [0.25, 0.3) is 10.9 Å². The number of hydrogen-bond donors (Lipinski definition) is 1. The van der Waals surface area contributed by atoms with Gasteiger partial charge in [0.1, 0.15) is 5.54 Å². The van der Waals surface area contributed by atoms with Crippen LogP contribution >= 0.6 is 0 Å². The van der Waals surface area contributed by atoms with Crippen molar-refractivity contribution in [1.29, 1.82) is 5.26 Å². The van der Waals surface area contributed by atoms with E-state index in [1.807, 2.05) is 4.90 Å². The van der Waals surface area contributed by atoms with E-state index in [9.17, 15) is 14.9 Å². The molecule has 1 N–H and O–H groups in total. The topological polar surface area (TPSA) is 87.4 Å². The van der Waals surface area contributed by atoms with E-state index in [0.29, 0.717) is 26.1 Å². The van der Waals surface area contributed by atoms with Gasteiger partial charge in [0.25, 0.3) is 0 Å². The number of methoxy groups -OCH3 is 1. The molecule has 2 atom stereocenters. The Labute approximate surface area is 201 Å². The van der Waals surface area contributed by atoms with Crippen molar-refractivity contribution in [3.8, 4) is 6.07 Å². The molecule has 0 unspecified atom stereocenters. The van der Waals surface area contributed by atoms with Crippen LogP contribution in [0.3, 0.4) is 0 Å². The monoisotopic (exact) mass is 462 g/mol. The molecule has 2 aromatic rings. The molecule has 1 aromatic carbocycles. The minimum Gasteiger partial charge on any atom is -0.383 e. The molecule has 2 aliphatic carbocycles. The number of ether oxygens (including phenoxy) is 1. The third-order valence-electron chi connectivity index (χ3n) is 8.01. The summed E-state index contributed by atoms with van der Waals surface area (Å²) in [6.07, 6.45) is 6.48. The van der Waals surface area contributed by atoms with E-state index < -0.39 is 5.54 Å². The zero-order valence-corrected chi connectivity index (χ0v) is 20.0. The van der Waals surface area contributed by atoms with Gasteiger partial charge in [-0.25, -0.2) is 0 Å². The highest BCUT2D eigenvalue weighted by molar-refractivity contribution is 5.87. The van der Waals surface area contributed by atoms with Gasteiger partial charge in [-0.3, -0.25) is 9.59 Å². The zero-order valence-electron chi connectivity index (χ0n) is 20.0. The standard InChI is InChI=1S/C27H34N4O3/c1-34-15-14-31-23-9-5-4-8-21(23)22-17-30(13-10-24(22)31)26(33)20-7-3-2-6-19(20)16-25(32)29-27(18-28)11-12-27/h4-5,8-9,19-20H,2-3,6-7,10-17H2,1H3,(H,29,32)/t19-,20-/m1/s1. The first-order chi connectivity index (χ1) is 16.5. The number of fused-ring (bicyclic) bond motifs is 3. The van der Waals surface area contributed by atoms with E-state index >= 15 is 0 Å². The maximum absolute atomic E-state index is 13.7. The first-order valence-corrected chi connectivity index (χ1v) is 12.6.